The fourth-order valence-electron chi connectivity index (χ4n) is 2.30. The summed E-state index contributed by atoms with van der Waals surface area (Å²) in [6, 6.07) is 14.6. The summed E-state index contributed by atoms with van der Waals surface area (Å²) >= 11 is 11.9. The van der Waals surface area contributed by atoms with E-state index in [-0.39, 0.29) is 6.54 Å². The van der Waals surface area contributed by atoms with Gasteiger partial charge in [0.25, 0.3) is 0 Å². The Hall–Kier alpha value is -2.70. The van der Waals surface area contributed by atoms with Gasteiger partial charge in [-0.05, 0) is 41.6 Å². The van der Waals surface area contributed by atoms with Crippen LogP contribution >= 0.6 is 23.2 Å². The Morgan fingerprint density at radius 3 is 2.60 bits per heavy atom. The first-order chi connectivity index (χ1) is 12.2. The van der Waals surface area contributed by atoms with Gasteiger partial charge in [-0.15, -0.1) is 10.2 Å². The van der Waals surface area contributed by atoms with Gasteiger partial charge < -0.3 is 4.42 Å². The summed E-state index contributed by atoms with van der Waals surface area (Å²) in [5, 5.41) is 13.7. The number of nitrogens with zero attached hydrogens (tertiary/aromatic N) is 5. The molecule has 0 unspecified atom stereocenters. The van der Waals surface area contributed by atoms with Crippen LogP contribution in [-0.4, -0.2) is 25.2 Å². The highest BCUT2D eigenvalue weighted by Crippen LogP contribution is 2.23. The molecule has 0 bridgehead atoms. The summed E-state index contributed by atoms with van der Waals surface area (Å²) in [4.78, 5) is 5.68. The first-order valence-electron chi connectivity index (χ1n) is 7.42. The molecule has 8 heteroatoms. The predicted octanol–water partition coefficient (Wildman–Crippen LogP) is 4.35. The van der Waals surface area contributed by atoms with Crippen LogP contribution in [0.2, 0.25) is 10.0 Å². The summed E-state index contributed by atoms with van der Waals surface area (Å²) in [7, 11) is 0. The normalized spacial score (nSPS) is 11.0. The number of tetrazole rings is 1. The molecule has 4 rings (SSSR count). The highest BCUT2D eigenvalue weighted by atomic mass is 35.5. The molecular weight excluding hydrogens is 361 g/mol. The van der Waals surface area contributed by atoms with E-state index < -0.39 is 0 Å². The van der Waals surface area contributed by atoms with E-state index in [1.54, 1.807) is 24.4 Å². The Bertz CT molecular complexity index is 1010. The molecule has 0 saturated carbocycles. The van der Waals surface area contributed by atoms with Crippen LogP contribution in [0.1, 0.15) is 5.89 Å². The minimum Gasteiger partial charge on any atom is -0.439 e. The third-order valence-corrected chi connectivity index (χ3v) is 3.98. The van der Waals surface area contributed by atoms with Crippen molar-refractivity contribution in [3.05, 3.63) is 70.7 Å². The monoisotopic (exact) mass is 371 g/mol. The molecule has 0 spiro atoms. The molecule has 6 nitrogen and oxygen atoms in total. The molecule has 0 aliphatic rings. The first-order valence-corrected chi connectivity index (χ1v) is 8.17. The van der Waals surface area contributed by atoms with E-state index >= 15 is 0 Å². The Morgan fingerprint density at radius 2 is 1.80 bits per heavy atom. The third-order valence-electron chi connectivity index (χ3n) is 3.49. The molecule has 0 fully saturated rings. The van der Waals surface area contributed by atoms with Crippen molar-refractivity contribution in [1.82, 2.24) is 25.2 Å². The zero-order valence-corrected chi connectivity index (χ0v) is 14.3. The predicted molar refractivity (Wildman–Crippen MR) is 94.3 cm³/mol. The molecule has 0 aliphatic carbocycles. The molecule has 0 radical (unpaired) electrons. The van der Waals surface area contributed by atoms with Crippen molar-refractivity contribution in [2.45, 2.75) is 6.54 Å². The molecular formula is C17H11Cl2N5O. The highest BCUT2D eigenvalue weighted by Gasteiger charge is 2.11. The second kappa shape index (κ2) is 6.66. The molecule has 0 aliphatic heterocycles. The lowest BCUT2D eigenvalue weighted by Gasteiger charge is -1.97. The molecule has 2 heterocycles. The third kappa shape index (κ3) is 3.55. The van der Waals surface area contributed by atoms with Gasteiger partial charge in [-0.1, -0.05) is 35.3 Å². The van der Waals surface area contributed by atoms with Crippen molar-refractivity contribution in [3.63, 3.8) is 0 Å². The summed E-state index contributed by atoms with van der Waals surface area (Å²) in [6.07, 6.45) is 1.65. The van der Waals surface area contributed by atoms with Gasteiger partial charge in [-0.2, -0.15) is 4.80 Å². The minimum atomic E-state index is 0.279. The quantitative estimate of drug-likeness (QED) is 0.533. The average Bonchev–Trinajstić information content (AvgIpc) is 3.26. The lowest BCUT2D eigenvalue weighted by Crippen LogP contribution is -2.04. The number of rotatable bonds is 4. The molecule has 0 saturated heterocycles. The van der Waals surface area contributed by atoms with Crippen molar-refractivity contribution >= 4 is 23.2 Å². The van der Waals surface area contributed by atoms with Crippen molar-refractivity contribution in [1.29, 1.82) is 0 Å². The van der Waals surface area contributed by atoms with Crippen LogP contribution in [0.4, 0.5) is 0 Å². The van der Waals surface area contributed by atoms with Gasteiger partial charge in [-0.3, -0.25) is 0 Å². The van der Waals surface area contributed by atoms with Crippen molar-refractivity contribution in [2.24, 2.45) is 0 Å². The Balaban J connectivity index is 1.52. The van der Waals surface area contributed by atoms with Crippen LogP contribution in [0.5, 0.6) is 0 Å². The van der Waals surface area contributed by atoms with Gasteiger partial charge in [0, 0.05) is 21.2 Å². The van der Waals surface area contributed by atoms with E-state index in [1.807, 2.05) is 30.3 Å². The van der Waals surface area contributed by atoms with Gasteiger partial charge in [0.05, 0.1) is 6.20 Å². The summed E-state index contributed by atoms with van der Waals surface area (Å²) < 4.78 is 5.74. The lowest BCUT2D eigenvalue weighted by molar-refractivity contribution is 0.447. The summed E-state index contributed by atoms with van der Waals surface area (Å²) in [5.74, 6) is 1.63. The fraction of sp³-hybridized carbons (Fsp3) is 0.0588. The largest absolute Gasteiger partial charge is 0.439 e. The smallest absolute Gasteiger partial charge is 0.218 e. The number of hydrogen-bond donors (Lipinski definition) is 0. The zero-order valence-electron chi connectivity index (χ0n) is 12.8. The van der Waals surface area contributed by atoms with Crippen LogP contribution in [0, 0.1) is 0 Å². The standard InChI is InChI=1S/C17H11Cl2N5O/c18-13-6-4-11(5-7-13)17-21-23-24(22-17)10-16-20-9-15(25-16)12-2-1-3-14(19)8-12/h1-9H,10H2. The van der Waals surface area contributed by atoms with Crippen LogP contribution in [0.15, 0.2) is 59.1 Å². The number of oxazole rings is 1. The van der Waals surface area contributed by atoms with E-state index in [2.05, 4.69) is 20.4 Å². The molecule has 2 aromatic heterocycles. The van der Waals surface area contributed by atoms with E-state index in [4.69, 9.17) is 27.6 Å². The molecule has 25 heavy (non-hydrogen) atoms. The van der Waals surface area contributed by atoms with Crippen molar-refractivity contribution < 1.29 is 4.42 Å². The summed E-state index contributed by atoms with van der Waals surface area (Å²) in [6.45, 7) is 0.279. The van der Waals surface area contributed by atoms with E-state index in [1.165, 1.54) is 4.80 Å². The topological polar surface area (TPSA) is 69.6 Å². The molecule has 124 valence electrons. The van der Waals surface area contributed by atoms with Crippen LogP contribution < -0.4 is 0 Å². The average molecular weight is 372 g/mol. The van der Waals surface area contributed by atoms with Gasteiger partial charge in [0.1, 0.15) is 6.54 Å². The van der Waals surface area contributed by atoms with Gasteiger partial charge in [0.15, 0.2) is 5.76 Å². The Kier molecular flexibility index (Phi) is 4.21. The van der Waals surface area contributed by atoms with Crippen LogP contribution in [0.3, 0.4) is 0 Å². The lowest BCUT2D eigenvalue weighted by atomic mass is 10.2. The number of aromatic nitrogens is 5. The Morgan fingerprint density at radius 1 is 0.960 bits per heavy atom. The number of hydrogen-bond acceptors (Lipinski definition) is 5. The number of halogens is 2. The van der Waals surface area contributed by atoms with Crippen LogP contribution in [0.25, 0.3) is 22.7 Å². The maximum absolute atomic E-state index is 6.00. The maximum Gasteiger partial charge on any atom is 0.218 e. The second-order valence-corrected chi connectivity index (χ2v) is 6.15. The highest BCUT2D eigenvalue weighted by molar-refractivity contribution is 6.31. The van der Waals surface area contributed by atoms with Gasteiger partial charge >= 0.3 is 0 Å². The summed E-state index contributed by atoms with van der Waals surface area (Å²) in [5.41, 5.74) is 1.70. The molecule has 2 aromatic carbocycles. The van der Waals surface area contributed by atoms with Crippen molar-refractivity contribution in [2.75, 3.05) is 0 Å². The second-order valence-electron chi connectivity index (χ2n) is 5.28. The zero-order chi connectivity index (χ0) is 17.2. The van der Waals surface area contributed by atoms with E-state index in [0.29, 0.717) is 27.5 Å². The maximum atomic E-state index is 6.00. The van der Waals surface area contributed by atoms with Gasteiger partial charge in [-0.25, -0.2) is 4.98 Å². The minimum absolute atomic E-state index is 0.279. The molecule has 0 atom stereocenters. The van der Waals surface area contributed by atoms with Gasteiger partial charge in [0.2, 0.25) is 11.7 Å². The number of benzene rings is 2. The molecule has 0 amide bonds. The molecule has 0 N–H and O–H groups in total. The van der Waals surface area contributed by atoms with E-state index in [9.17, 15) is 0 Å². The fourth-order valence-corrected chi connectivity index (χ4v) is 2.62. The molecule has 4 aromatic rings. The Labute approximate surface area is 153 Å². The van der Waals surface area contributed by atoms with Crippen molar-refractivity contribution in [3.8, 4) is 22.7 Å². The first kappa shape index (κ1) is 15.8. The van der Waals surface area contributed by atoms with Crippen LogP contribution in [-0.2, 0) is 6.54 Å². The SMILES string of the molecule is Clc1ccc(-c2nnn(Cc3ncc(-c4cccc(Cl)c4)o3)n2)cc1. The van der Waals surface area contributed by atoms with E-state index in [0.717, 1.165) is 11.1 Å².